The van der Waals surface area contributed by atoms with Crippen LogP contribution in [0.5, 0.6) is 0 Å². The van der Waals surface area contributed by atoms with Crippen molar-refractivity contribution in [2.75, 3.05) is 5.75 Å². The Morgan fingerprint density at radius 2 is 1.77 bits per heavy atom. The molecule has 2 aromatic carbocycles. The van der Waals surface area contributed by atoms with Crippen LogP contribution in [-0.4, -0.2) is 34.6 Å². The van der Waals surface area contributed by atoms with Gasteiger partial charge in [-0.05, 0) is 38.5 Å². The zero-order chi connectivity index (χ0) is 23.0. The van der Waals surface area contributed by atoms with Gasteiger partial charge in [0.2, 0.25) is 11.8 Å². The van der Waals surface area contributed by atoms with Crippen molar-refractivity contribution in [1.82, 2.24) is 10.2 Å². The first-order valence-corrected chi connectivity index (χ1v) is 11.6. The van der Waals surface area contributed by atoms with Gasteiger partial charge in [0.15, 0.2) is 0 Å². The van der Waals surface area contributed by atoms with Gasteiger partial charge < -0.3 is 10.2 Å². The summed E-state index contributed by atoms with van der Waals surface area (Å²) < 4.78 is 28.2. The molecule has 2 rings (SSSR count). The molecule has 2 amide bonds. The summed E-state index contributed by atoms with van der Waals surface area (Å²) >= 11 is 7.24. The molecule has 0 aliphatic rings. The van der Waals surface area contributed by atoms with E-state index in [4.69, 9.17) is 11.6 Å². The minimum Gasteiger partial charge on any atom is -0.352 e. The Labute approximate surface area is 191 Å². The van der Waals surface area contributed by atoms with Crippen LogP contribution >= 0.6 is 23.4 Å². The van der Waals surface area contributed by atoms with Crippen LogP contribution in [-0.2, 0) is 21.9 Å². The van der Waals surface area contributed by atoms with Crippen LogP contribution in [0.4, 0.5) is 8.78 Å². The molecular weight excluding hydrogens is 442 g/mol. The fraction of sp³-hybridized carbons (Fsp3) is 0.391. The molecule has 0 unspecified atom stereocenters. The number of benzene rings is 2. The lowest BCUT2D eigenvalue weighted by molar-refractivity contribution is -0.139. The molecule has 8 heteroatoms. The van der Waals surface area contributed by atoms with Gasteiger partial charge >= 0.3 is 0 Å². The largest absolute Gasteiger partial charge is 0.352 e. The molecule has 2 aromatic rings. The standard InChI is InChI=1S/C23H27ClF2N2O2S/c1-4-15(2)27-23(30)16(3)28(12-17-8-5-6-10-20(17)25)22(29)14-31-13-18-19(24)9-7-11-21(18)26/h5-11,15-16H,4,12-14H2,1-3H3,(H,27,30)/t15-,16+/m0/s1. The predicted octanol–water partition coefficient (Wildman–Crippen LogP) is 5.18. The highest BCUT2D eigenvalue weighted by Gasteiger charge is 2.27. The molecule has 0 aliphatic carbocycles. The lowest BCUT2D eigenvalue weighted by atomic mass is 10.1. The van der Waals surface area contributed by atoms with E-state index in [1.54, 1.807) is 31.2 Å². The van der Waals surface area contributed by atoms with Crippen molar-refractivity contribution in [2.45, 2.75) is 51.6 Å². The normalized spacial score (nSPS) is 12.8. The number of nitrogens with zero attached hydrogens (tertiary/aromatic N) is 1. The van der Waals surface area contributed by atoms with Crippen LogP contribution < -0.4 is 5.32 Å². The molecule has 1 N–H and O–H groups in total. The summed E-state index contributed by atoms with van der Waals surface area (Å²) in [5.41, 5.74) is 0.645. The Morgan fingerprint density at radius 1 is 1.10 bits per heavy atom. The maximum Gasteiger partial charge on any atom is 0.242 e. The lowest BCUT2D eigenvalue weighted by Crippen LogP contribution is -2.50. The molecule has 0 saturated heterocycles. The van der Waals surface area contributed by atoms with Crippen LogP contribution in [0, 0.1) is 11.6 Å². The maximum atomic E-state index is 14.2. The van der Waals surface area contributed by atoms with Gasteiger partial charge in [0.05, 0.1) is 5.75 Å². The number of halogens is 3. The average Bonchev–Trinajstić information content (AvgIpc) is 2.74. The van der Waals surface area contributed by atoms with Gasteiger partial charge in [0, 0.05) is 34.5 Å². The topological polar surface area (TPSA) is 49.4 Å². The van der Waals surface area contributed by atoms with Crippen molar-refractivity contribution in [3.63, 3.8) is 0 Å². The van der Waals surface area contributed by atoms with Crippen LogP contribution in [0.15, 0.2) is 42.5 Å². The second kappa shape index (κ2) is 12.1. The van der Waals surface area contributed by atoms with E-state index in [0.717, 1.165) is 6.42 Å². The third-order valence-corrected chi connectivity index (χ3v) is 6.30. The van der Waals surface area contributed by atoms with Gasteiger partial charge in [-0.1, -0.05) is 42.8 Å². The number of hydrogen-bond acceptors (Lipinski definition) is 3. The van der Waals surface area contributed by atoms with Crippen LogP contribution in [0.2, 0.25) is 5.02 Å². The van der Waals surface area contributed by atoms with Gasteiger partial charge in [-0.2, -0.15) is 0 Å². The van der Waals surface area contributed by atoms with Crippen molar-refractivity contribution in [2.24, 2.45) is 0 Å². The van der Waals surface area contributed by atoms with Crippen LogP contribution in [0.25, 0.3) is 0 Å². The third-order valence-electron chi connectivity index (χ3n) is 5.00. The zero-order valence-electron chi connectivity index (χ0n) is 17.8. The quantitative estimate of drug-likeness (QED) is 0.522. The van der Waals surface area contributed by atoms with E-state index in [0.29, 0.717) is 16.1 Å². The molecule has 2 atom stereocenters. The summed E-state index contributed by atoms with van der Waals surface area (Å²) in [6, 6.07) is 9.74. The molecule has 168 valence electrons. The number of nitrogens with one attached hydrogen (secondary N) is 1. The Kier molecular flexibility index (Phi) is 9.78. The third kappa shape index (κ3) is 7.21. The minimum atomic E-state index is -0.793. The fourth-order valence-electron chi connectivity index (χ4n) is 2.85. The zero-order valence-corrected chi connectivity index (χ0v) is 19.4. The van der Waals surface area contributed by atoms with Crippen molar-refractivity contribution in [1.29, 1.82) is 0 Å². The van der Waals surface area contributed by atoms with Crippen molar-refractivity contribution in [3.8, 4) is 0 Å². The van der Waals surface area contributed by atoms with Crippen LogP contribution in [0.3, 0.4) is 0 Å². The maximum absolute atomic E-state index is 14.2. The highest BCUT2D eigenvalue weighted by molar-refractivity contribution is 7.99. The first kappa shape index (κ1) is 25.1. The van der Waals surface area contributed by atoms with Gasteiger partial charge in [-0.15, -0.1) is 11.8 Å². The fourth-order valence-corrected chi connectivity index (χ4v) is 4.10. The SMILES string of the molecule is CC[C@H](C)NC(=O)[C@@H](C)N(Cc1ccccc1F)C(=O)CSCc1c(F)cccc1Cl. The smallest absolute Gasteiger partial charge is 0.242 e. The summed E-state index contributed by atoms with van der Waals surface area (Å²) in [4.78, 5) is 27.0. The highest BCUT2D eigenvalue weighted by atomic mass is 35.5. The Balaban J connectivity index is 2.13. The molecule has 0 bridgehead atoms. The number of carbonyl (C=O) groups is 2. The van der Waals surface area contributed by atoms with Gasteiger partial charge in [0.25, 0.3) is 0 Å². The molecule has 0 radical (unpaired) electrons. The lowest BCUT2D eigenvalue weighted by Gasteiger charge is -2.29. The van der Waals surface area contributed by atoms with E-state index in [1.165, 1.54) is 34.9 Å². The first-order chi connectivity index (χ1) is 14.7. The van der Waals surface area contributed by atoms with E-state index < -0.39 is 17.7 Å². The molecule has 0 aliphatic heterocycles. The number of rotatable bonds is 10. The molecule has 0 saturated carbocycles. The monoisotopic (exact) mass is 468 g/mol. The molecule has 0 aromatic heterocycles. The van der Waals surface area contributed by atoms with E-state index in [-0.39, 0.29) is 35.9 Å². The second-order valence-corrected chi connectivity index (χ2v) is 8.69. The summed E-state index contributed by atoms with van der Waals surface area (Å²) in [6.07, 6.45) is 0.749. The molecule has 31 heavy (non-hydrogen) atoms. The highest BCUT2D eigenvalue weighted by Crippen LogP contribution is 2.24. The number of thioether (sulfide) groups is 1. The van der Waals surface area contributed by atoms with Crippen LogP contribution in [0.1, 0.15) is 38.3 Å². The van der Waals surface area contributed by atoms with E-state index in [1.807, 2.05) is 13.8 Å². The molecule has 0 heterocycles. The first-order valence-electron chi connectivity index (χ1n) is 10.1. The minimum absolute atomic E-state index is 0.0000666. The Bertz CT molecular complexity index is 893. The molecule has 0 spiro atoms. The summed E-state index contributed by atoms with van der Waals surface area (Å²) in [5.74, 6) is -1.32. The van der Waals surface area contributed by atoms with E-state index >= 15 is 0 Å². The number of hydrogen-bond donors (Lipinski definition) is 1. The van der Waals surface area contributed by atoms with Gasteiger partial charge in [-0.3, -0.25) is 9.59 Å². The average molecular weight is 469 g/mol. The van der Waals surface area contributed by atoms with E-state index in [2.05, 4.69) is 5.32 Å². The van der Waals surface area contributed by atoms with E-state index in [9.17, 15) is 18.4 Å². The summed E-state index contributed by atoms with van der Waals surface area (Å²) in [5, 5.41) is 3.16. The predicted molar refractivity (Wildman–Crippen MR) is 122 cm³/mol. The van der Waals surface area contributed by atoms with Gasteiger partial charge in [-0.25, -0.2) is 8.78 Å². The van der Waals surface area contributed by atoms with Crippen molar-refractivity contribution >= 4 is 35.2 Å². The molecule has 0 fully saturated rings. The second-order valence-electron chi connectivity index (χ2n) is 7.30. The van der Waals surface area contributed by atoms with Crippen molar-refractivity contribution in [3.05, 3.63) is 70.2 Å². The summed E-state index contributed by atoms with van der Waals surface area (Å²) in [6.45, 7) is 5.40. The Morgan fingerprint density at radius 3 is 2.42 bits per heavy atom. The Hall–Kier alpha value is -2.12. The summed E-state index contributed by atoms with van der Waals surface area (Å²) in [7, 11) is 0. The van der Waals surface area contributed by atoms with Gasteiger partial charge in [0.1, 0.15) is 17.7 Å². The van der Waals surface area contributed by atoms with Crippen molar-refractivity contribution < 1.29 is 18.4 Å². The number of carbonyl (C=O) groups excluding carboxylic acids is 2. The molecular formula is C23H27ClF2N2O2S. The molecule has 4 nitrogen and oxygen atoms in total. The number of amides is 2.